The van der Waals surface area contributed by atoms with Crippen molar-refractivity contribution in [3.8, 4) is 0 Å². The first kappa shape index (κ1) is 10.0. The molecule has 0 aliphatic heterocycles. The Morgan fingerprint density at radius 3 is 2.77 bits per heavy atom. The van der Waals surface area contributed by atoms with Gasteiger partial charge in [-0.05, 0) is 12.3 Å². The van der Waals surface area contributed by atoms with Crippen LogP contribution >= 0.6 is 0 Å². The molecule has 1 heterocycles. The minimum Gasteiger partial charge on any atom is -0.338 e. The molecule has 0 fully saturated rings. The average Bonchev–Trinajstić information content (AvgIpc) is 2.47. The highest BCUT2D eigenvalue weighted by Gasteiger charge is 2.03. The van der Waals surface area contributed by atoms with E-state index in [9.17, 15) is 0 Å². The van der Waals surface area contributed by atoms with E-state index in [2.05, 4.69) is 30.0 Å². The summed E-state index contributed by atoms with van der Waals surface area (Å²) in [4.78, 5) is 4.27. The van der Waals surface area contributed by atoms with Crippen LogP contribution in [-0.2, 0) is 13.5 Å². The molecule has 1 rings (SSSR count). The Balaban J connectivity index is 2.44. The van der Waals surface area contributed by atoms with Gasteiger partial charge in [-0.2, -0.15) is 0 Å². The van der Waals surface area contributed by atoms with Crippen molar-refractivity contribution in [1.82, 2.24) is 9.55 Å². The Bertz CT molecular complexity index is 284. The topological polar surface area (TPSA) is 17.8 Å². The van der Waals surface area contributed by atoms with Crippen molar-refractivity contribution in [1.29, 1.82) is 0 Å². The first-order valence-corrected chi connectivity index (χ1v) is 4.75. The highest BCUT2D eigenvalue weighted by atomic mass is 15.0. The van der Waals surface area contributed by atoms with E-state index in [-0.39, 0.29) is 0 Å². The van der Waals surface area contributed by atoms with Crippen LogP contribution in [0.2, 0.25) is 0 Å². The summed E-state index contributed by atoms with van der Waals surface area (Å²) < 4.78 is 2.06. The number of rotatable bonds is 4. The Morgan fingerprint density at radius 2 is 2.31 bits per heavy atom. The fourth-order valence-electron chi connectivity index (χ4n) is 1.20. The van der Waals surface area contributed by atoms with Crippen LogP contribution in [0.5, 0.6) is 0 Å². The van der Waals surface area contributed by atoms with Crippen molar-refractivity contribution < 1.29 is 0 Å². The van der Waals surface area contributed by atoms with Gasteiger partial charge in [-0.15, -0.1) is 0 Å². The van der Waals surface area contributed by atoms with Gasteiger partial charge in [0.1, 0.15) is 5.82 Å². The van der Waals surface area contributed by atoms with E-state index in [0.717, 1.165) is 18.7 Å². The third kappa shape index (κ3) is 2.72. The van der Waals surface area contributed by atoms with Crippen LogP contribution in [0.25, 0.3) is 0 Å². The zero-order valence-electron chi connectivity index (χ0n) is 8.75. The standard InChI is InChI=1S/C11H18N2/c1-9(2)10(3)5-6-11-12-7-8-13(11)4/h7-9H,3,5-6H2,1-2,4H3. The second kappa shape index (κ2) is 4.26. The first-order chi connectivity index (χ1) is 6.11. The van der Waals surface area contributed by atoms with Gasteiger partial charge in [0.05, 0.1) is 0 Å². The molecule has 0 saturated carbocycles. The largest absolute Gasteiger partial charge is 0.338 e. The van der Waals surface area contributed by atoms with Gasteiger partial charge in [0.15, 0.2) is 0 Å². The van der Waals surface area contributed by atoms with Crippen molar-refractivity contribution >= 4 is 0 Å². The number of aromatic nitrogens is 2. The summed E-state index contributed by atoms with van der Waals surface area (Å²) in [5.74, 6) is 1.72. The van der Waals surface area contributed by atoms with Crippen molar-refractivity contribution in [3.63, 3.8) is 0 Å². The summed E-state index contributed by atoms with van der Waals surface area (Å²) in [5, 5.41) is 0. The van der Waals surface area contributed by atoms with Crippen molar-refractivity contribution in [2.45, 2.75) is 26.7 Å². The van der Waals surface area contributed by atoms with E-state index in [1.165, 1.54) is 5.57 Å². The maximum absolute atomic E-state index is 4.27. The third-order valence-corrected chi connectivity index (χ3v) is 2.41. The minimum absolute atomic E-state index is 0.584. The molecule has 0 aromatic carbocycles. The van der Waals surface area contributed by atoms with Gasteiger partial charge < -0.3 is 4.57 Å². The SMILES string of the molecule is C=C(CCc1nccn1C)C(C)C. The van der Waals surface area contributed by atoms with Gasteiger partial charge in [0, 0.05) is 25.9 Å². The minimum atomic E-state index is 0.584. The van der Waals surface area contributed by atoms with Gasteiger partial charge in [-0.1, -0.05) is 26.0 Å². The van der Waals surface area contributed by atoms with Crippen LogP contribution in [0, 0.1) is 5.92 Å². The summed E-state index contributed by atoms with van der Waals surface area (Å²) >= 11 is 0. The van der Waals surface area contributed by atoms with Crippen LogP contribution in [0.1, 0.15) is 26.1 Å². The second-order valence-electron chi connectivity index (χ2n) is 3.77. The van der Waals surface area contributed by atoms with Crippen LogP contribution in [0.3, 0.4) is 0 Å². The number of allylic oxidation sites excluding steroid dienone is 1. The number of hydrogen-bond donors (Lipinski definition) is 0. The molecule has 0 amide bonds. The van der Waals surface area contributed by atoms with Crippen molar-refractivity contribution in [2.75, 3.05) is 0 Å². The molecule has 0 unspecified atom stereocenters. The van der Waals surface area contributed by atoms with E-state index in [1.54, 1.807) is 0 Å². The predicted octanol–water partition coefficient (Wildman–Crippen LogP) is 2.56. The van der Waals surface area contributed by atoms with Gasteiger partial charge in [0.25, 0.3) is 0 Å². The van der Waals surface area contributed by atoms with Crippen LogP contribution in [0.15, 0.2) is 24.5 Å². The van der Waals surface area contributed by atoms with Gasteiger partial charge in [-0.3, -0.25) is 0 Å². The molecular formula is C11H18N2. The van der Waals surface area contributed by atoms with Gasteiger partial charge >= 0.3 is 0 Å². The molecule has 1 aromatic rings. The summed E-state index contributed by atoms with van der Waals surface area (Å²) in [6, 6.07) is 0. The smallest absolute Gasteiger partial charge is 0.108 e. The fraction of sp³-hybridized carbons (Fsp3) is 0.545. The van der Waals surface area contributed by atoms with E-state index < -0.39 is 0 Å². The molecule has 0 aliphatic carbocycles. The Morgan fingerprint density at radius 1 is 1.62 bits per heavy atom. The molecule has 13 heavy (non-hydrogen) atoms. The molecule has 0 spiro atoms. The highest BCUT2D eigenvalue weighted by Crippen LogP contribution is 2.13. The molecule has 0 aliphatic rings. The average molecular weight is 178 g/mol. The Labute approximate surface area is 80.3 Å². The van der Waals surface area contributed by atoms with Crippen LogP contribution in [0.4, 0.5) is 0 Å². The molecule has 1 aromatic heterocycles. The lowest BCUT2D eigenvalue weighted by Gasteiger charge is -2.08. The lowest BCUT2D eigenvalue weighted by Crippen LogP contribution is -2.00. The predicted molar refractivity (Wildman–Crippen MR) is 55.5 cm³/mol. The molecular weight excluding hydrogens is 160 g/mol. The van der Waals surface area contributed by atoms with E-state index in [0.29, 0.717) is 5.92 Å². The van der Waals surface area contributed by atoms with Gasteiger partial charge in [0.2, 0.25) is 0 Å². The van der Waals surface area contributed by atoms with Crippen LogP contribution in [-0.4, -0.2) is 9.55 Å². The third-order valence-electron chi connectivity index (χ3n) is 2.41. The normalized spacial score (nSPS) is 10.8. The van der Waals surface area contributed by atoms with E-state index in [1.807, 2.05) is 19.4 Å². The molecule has 2 nitrogen and oxygen atoms in total. The number of nitrogens with zero attached hydrogens (tertiary/aromatic N) is 2. The van der Waals surface area contributed by atoms with E-state index >= 15 is 0 Å². The number of aryl methyl sites for hydroxylation is 2. The number of imidazole rings is 1. The zero-order chi connectivity index (χ0) is 9.84. The highest BCUT2D eigenvalue weighted by molar-refractivity contribution is 5.01. The molecule has 72 valence electrons. The first-order valence-electron chi connectivity index (χ1n) is 4.75. The lowest BCUT2D eigenvalue weighted by molar-refractivity contribution is 0.686. The number of hydrogen-bond acceptors (Lipinski definition) is 1. The lowest BCUT2D eigenvalue weighted by atomic mass is 10.0. The Kier molecular flexibility index (Phi) is 3.29. The maximum Gasteiger partial charge on any atom is 0.108 e. The second-order valence-corrected chi connectivity index (χ2v) is 3.77. The molecule has 0 bridgehead atoms. The van der Waals surface area contributed by atoms with Crippen molar-refractivity contribution in [2.24, 2.45) is 13.0 Å². The summed E-state index contributed by atoms with van der Waals surface area (Å²) in [6.07, 6.45) is 5.87. The fourth-order valence-corrected chi connectivity index (χ4v) is 1.20. The summed E-state index contributed by atoms with van der Waals surface area (Å²) in [6.45, 7) is 8.41. The monoisotopic (exact) mass is 178 g/mol. The van der Waals surface area contributed by atoms with Crippen molar-refractivity contribution in [3.05, 3.63) is 30.4 Å². The van der Waals surface area contributed by atoms with Crippen LogP contribution < -0.4 is 0 Å². The maximum atomic E-state index is 4.27. The molecule has 0 radical (unpaired) electrons. The van der Waals surface area contributed by atoms with Gasteiger partial charge in [-0.25, -0.2) is 4.98 Å². The molecule has 0 atom stereocenters. The summed E-state index contributed by atoms with van der Waals surface area (Å²) in [7, 11) is 2.03. The Hall–Kier alpha value is -1.05. The molecule has 2 heteroatoms. The molecule has 0 N–H and O–H groups in total. The zero-order valence-corrected chi connectivity index (χ0v) is 8.75. The molecule has 0 saturated heterocycles. The quantitative estimate of drug-likeness (QED) is 0.648. The van der Waals surface area contributed by atoms with E-state index in [4.69, 9.17) is 0 Å². The summed E-state index contributed by atoms with van der Waals surface area (Å²) in [5.41, 5.74) is 1.31.